The molecule has 310 valence electrons. The normalized spacial score (nSPS) is 10.5. The van der Waals surface area contributed by atoms with Gasteiger partial charge in [-0.05, 0) is 144 Å². The van der Waals surface area contributed by atoms with E-state index in [1.165, 1.54) is 30.3 Å². The number of esters is 5. The summed E-state index contributed by atoms with van der Waals surface area (Å²) in [5, 5.41) is 0. The van der Waals surface area contributed by atoms with Crippen molar-refractivity contribution in [3.8, 4) is 28.7 Å². The van der Waals surface area contributed by atoms with E-state index < -0.39 is 29.8 Å². The second-order valence-electron chi connectivity index (χ2n) is 13.4. The van der Waals surface area contributed by atoms with E-state index in [1.54, 1.807) is 49.4 Å². The third-order valence-corrected chi connectivity index (χ3v) is 8.74. The van der Waals surface area contributed by atoms with Gasteiger partial charge in [-0.2, -0.15) is 0 Å². The van der Waals surface area contributed by atoms with E-state index in [-0.39, 0.29) is 22.6 Å². The van der Waals surface area contributed by atoms with Gasteiger partial charge in [-0.15, -0.1) is 0 Å². The molecule has 59 heavy (non-hydrogen) atoms. The SMILES string of the molecule is C=CC(=O)OCCCCCCOc1ccc(C(=O)Oc2ccc(C(=O)Oc3ccc(OC(=O)c4ccc(C)cc4)c(C)c3)cc2)cc1OCCCCCCOC(=O)C=C. The van der Waals surface area contributed by atoms with E-state index in [4.69, 9.17) is 33.2 Å². The van der Waals surface area contributed by atoms with Gasteiger partial charge in [-0.1, -0.05) is 30.9 Å². The third-order valence-electron chi connectivity index (χ3n) is 8.74. The van der Waals surface area contributed by atoms with Gasteiger partial charge in [-0.3, -0.25) is 0 Å². The van der Waals surface area contributed by atoms with Crippen molar-refractivity contribution < 1.29 is 57.1 Å². The average Bonchev–Trinajstić information content (AvgIpc) is 3.24. The summed E-state index contributed by atoms with van der Waals surface area (Å²) < 4.78 is 38.8. The number of carbonyl (C=O) groups is 5. The van der Waals surface area contributed by atoms with Crippen LogP contribution < -0.4 is 23.7 Å². The Morgan fingerprint density at radius 2 is 0.898 bits per heavy atom. The van der Waals surface area contributed by atoms with E-state index in [9.17, 15) is 24.0 Å². The molecule has 0 radical (unpaired) electrons. The molecule has 0 spiro atoms. The van der Waals surface area contributed by atoms with Crippen molar-refractivity contribution in [1.29, 1.82) is 0 Å². The molecule has 0 saturated carbocycles. The van der Waals surface area contributed by atoms with Gasteiger partial charge in [0, 0.05) is 12.2 Å². The van der Waals surface area contributed by atoms with Crippen LogP contribution in [0.25, 0.3) is 0 Å². The van der Waals surface area contributed by atoms with Gasteiger partial charge in [0.15, 0.2) is 11.5 Å². The van der Waals surface area contributed by atoms with Crippen molar-refractivity contribution >= 4 is 29.8 Å². The van der Waals surface area contributed by atoms with E-state index in [0.717, 1.165) is 69.1 Å². The number of benzene rings is 4. The van der Waals surface area contributed by atoms with Crippen LogP contribution >= 0.6 is 0 Å². The maximum atomic E-state index is 13.2. The Labute approximate surface area is 344 Å². The molecule has 0 aliphatic heterocycles. The Balaban J connectivity index is 1.30. The summed E-state index contributed by atoms with van der Waals surface area (Å²) in [6.07, 6.45) is 8.63. The van der Waals surface area contributed by atoms with Gasteiger partial charge in [0.2, 0.25) is 0 Å². The van der Waals surface area contributed by atoms with Crippen molar-refractivity contribution in [2.24, 2.45) is 0 Å². The highest BCUT2D eigenvalue weighted by Gasteiger charge is 2.17. The number of aryl methyl sites for hydroxylation is 2. The van der Waals surface area contributed by atoms with Crippen LogP contribution in [0.5, 0.6) is 28.7 Å². The molecule has 0 saturated heterocycles. The van der Waals surface area contributed by atoms with Crippen molar-refractivity contribution in [2.75, 3.05) is 26.4 Å². The van der Waals surface area contributed by atoms with Crippen LogP contribution in [0.4, 0.5) is 0 Å². The zero-order chi connectivity index (χ0) is 42.4. The van der Waals surface area contributed by atoms with Gasteiger partial charge in [0.25, 0.3) is 0 Å². The molecule has 0 aromatic heterocycles. The summed E-state index contributed by atoms with van der Waals surface area (Å²) in [7, 11) is 0. The lowest BCUT2D eigenvalue weighted by Crippen LogP contribution is -2.11. The fourth-order valence-corrected chi connectivity index (χ4v) is 5.45. The van der Waals surface area contributed by atoms with Crippen molar-refractivity contribution in [3.05, 3.63) is 138 Å². The van der Waals surface area contributed by atoms with Gasteiger partial charge < -0.3 is 33.2 Å². The summed E-state index contributed by atoms with van der Waals surface area (Å²) in [5.74, 6) is -0.956. The summed E-state index contributed by atoms with van der Waals surface area (Å²) in [5.41, 5.74) is 2.51. The summed E-state index contributed by atoms with van der Waals surface area (Å²) >= 11 is 0. The molecule has 4 aromatic carbocycles. The number of unbranched alkanes of at least 4 members (excludes halogenated alkanes) is 6. The monoisotopic (exact) mass is 806 g/mol. The fourth-order valence-electron chi connectivity index (χ4n) is 5.45. The summed E-state index contributed by atoms with van der Waals surface area (Å²) in [6.45, 7) is 11.9. The van der Waals surface area contributed by atoms with E-state index in [0.29, 0.717) is 54.8 Å². The zero-order valence-corrected chi connectivity index (χ0v) is 33.5. The second-order valence-corrected chi connectivity index (χ2v) is 13.4. The van der Waals surface area contributed by atoms with Gasteiger partial charge in [0.05, 0.1) is 43.1 Å². The van der Waals surface area contributed by atoms with Gasteiger partial charge >= 0.3 is 29.8 Å². The predicted molar refractivity (Wildman–Crippen MR) is 220 cm³/mol. The first-order chi connectivity index (χ1) is 28.6. The fraction of sp³-hybridized carbons (Fsp3) is 0.298. The minimum Gasteiger partial charge on any atom is -0.490 e. The summed E-state index contributed by atoms with van der Waals surface area (Å²) in [6, 6.07) is 22.5. The molecule has 0 bridgehead atoms. The summed E-state index contributed by atoms with van der Waals surface area (Å²) in [4.78, 5) is 61.1. The average molecular weight is 807 g/mol. The van der Waals surface area contributed by atoms with Gasteiger partial charge in [-0.25, -0.2) is 24.0 Å². The lowest BCUT2D eigenvalue weighted by molar-refractivity contribution is -0.138. The first-order valence-corrected chi connectivity index (χ1v) is 19.5. The van der Waals surface area contributed by atoms with Gasteiger partial charge in [0.1, 0.15) is 17.2 Å². The molecule has 4 aromatic rings. The lowest BCUT2D eigenvalue weighted by atomic mass is 10.1. The van der Waals surface area contributed by atoms with Crippen LogP contribution in [0.3, 0.4) is 0 Å². The van der Waals surface area contributed by atoms with Crippen LogP contribution in [-0.4, -0.2) is 56.3 Å². The molecule has 0 atom stereocenters. The van der Waals surface area contributed by atoms with Crippen LogP contribution in [0.2, 0.25) is 0 Å². The number of hydrogen-bond donors (Lipinski definition) is 0. The molecule has 0 amide bonds. The highest BCUT2D eigenvalue weighted by Crippen LogP contribution is 2.30. The quantitative estimate of drug-likeness (QED) is 0.0287. The maximum absolute atomic E-state index is 13.2. The van der Waals surface area contributed by atoms with Crippen LogP contribution in [-0.2, 0) is 19.1 Å². The topological polar surface area (TPSA) is 150 Å². The van der Waals surface area contributed by atoms with Crippen LogP contribution in [0, 0.1) is 13.8 Å². The molecule has 0 fully saturated rings. The zero-order valence-electron chi connectivity index (χ0n) is 33.5. The second kappa shape index (κ2) is 24.2. The van der Waals surface area contributed by atoms with Crippen LogP contribution in [0.1, 0.15) is 93.6 Å². The Hall–Kier alpha value is -6.69. The molecule has 4 rings (SSSR count). The van der Waals surface area contributed by atoms with E-state index in [1.807, 2.05) is 19.1 Å². The first-order valence-electron chi connectivity index (χ1n) is 19.5. The van der Waals surface area contributed by atoms with E-state index >= 15 is 0 Å². The molecule has 12 nitrogen and oxygen atoms in total. The Kier molecular flexibility index (Phi) is 18.4. The van der Waals surface area contributed by atoms with Crippen molar-refractivity contribution in [3.63, 3.8) is 0 Å². The number of carbonyl (C=O) groups excluding carboxylic acids is 5. The highest BCUT2D eigenvalue weighted by molar-refractivity contribution is 5.93. The molecular weight excluding hydrogens is 757 g/mol. The molecule has 0 aliphatic carbocycles. The van der Waals surface area contributed by atoms with E-state index in [2.05, 4.69) is 13.2 Å². The predicted octanol–water partition coefficient (Wildman–Crippen LogP) is 9.30. The molecule has 0 N–H and O–H groups in total. The standard InChI is InChI=1S/C47H50O12/c1-5-43(48)55-29-13-9-7-11-27-53-41-25-21-37(32-42(41)54-28-12-8-10-14-30-56-44(49)6-2)47(52)57-38-22-19-36(20-23-38)45(50)58-39-24-26-40(34(4)31-39)59-46(51)35-17-15-33(3)16-18-35/h5-6,15-26,31-32H,1-2,7-14,27-30H2,3-4H3. The smallest absolute Gasteiger partial charge is 0.343 e. The highest BCUT2D eigenvalue weighted by atomic mass is 16.6. The number of rotatable bonds is 24. The largest absolute Gasteiger partial charge is 0.490 e. The van der Waals surface area contributed by atoms with Crippen molar-refractivity contribution in [2.45, 2.75) is 65.2 Å². The first kappa shape index (κ1) is 45.0. The Morgan fingerprint density at radius 1 is 0.458 bits per heavy atom. The third kappa shape index (κ3) is 15.6. The number of ether oxygens (including phenoxy) is 7. The Morgan fingerprint density at radius 3 is 1.46 bits per heavy atom. The molecule has 12 heteroatoms. The lowest BCUT2D eigenvalue weighted by Gasteiger charge is -2.14. The minimum atomic E-state index is -0.637. The molecule has 0 heterocycles. The Bertz CT molecular complexity index is 2050. The molecule has 0 unspecified atom stereocenters. The number of hydrogen-bond acceptors (Lipinski definition) is 12. The minimum absolute atomic E-state index is 0.211. The maximum Gasteiger partial charge on any atom is 0.343 e. The van der Waals surface area contributed by atoms with Crippen molar-refractivity contribution in [1.82, 2.24) is 0 Å². The van der Waals surface area contributed by atoms with Crippen LogP contribution in [0.15, 0.2) is 110 Å². The molecular formula is C47H50O12. The molecule has 0 aliphatic rings.